The molecule has 1 aliphatic heterocycles. The highest BCUT2D eigenvalue weighted by Gasteiger charge is 2.42. The molecule has 0 aliphatic carbocycles. The fraction of sp³-hybridized carbons (Fsp3) is 0.667. The molecule has 0 aromatic carbocycles. The summed E-state index contributed by atoms with van der Waals surface area (Å²) >= 11 is 0. The Kier molecular flexibility index (Phi) is 3.19. The molecule has 2 rings (SSSR count). The molecule has 2 heterocycles. The van der Waals surface area contributed by atoms with E-state index in [0.29, 0.717) is 11.4 Å². The van der Waals surface area contributed by atoms with Gasteiger partial charge in [0.15, 0.2) is 11.5 Å². The van der Waals surface area contributed by atoms with Crippen molar-refractivity contribution in [3.63, 3.8) is 0 Å². The van der Waals surface area contributed by atoms with Crippen LogP contribution < -0.4 is 10.1 Å². The number of ether oxygens (including phenoxy) is 1. The van der Waals surface area contributed by atoms with Crippen molar-refractivity contribution >= 4 is 5.78 Å². The molecule has 94 valence electrons. The van der Waals surface area contributed by atoms with Crippen molar-refractivity contribution in [2.45, 2.75) is 19.8 Å². The Bertz CT molecular complexity index is 419. The summed E-state index contributed by atoms with van der Waals surface area (Å²) < 4.78 is 6.82. The summed E-state index contributed by atoms with van der Waals surface area (Å²) in [6.45, 7) is 3.71. The number of aryl methyl sites for hydroxylation is 1. The maximum absolute atomic E-state index is 12.7. The normalized spacial score (nSPS) is 23.9. The van der Waals surface area contributed by atoms with Gasteiger partial charge in [0.05, 0.1) is 13.3 Å². The highest BCUT2D eigenvalue weighted by atomic mass is 16.5. The number of aromatic nitrogens is 2. The summed E-state index contributed by atoms with van der Waals surface area (Å²) in [4.78, 5) is 12.7. The van der Waals surface area contributed by atoms with E-state index in [4.69, 9.17) is 4.74 Å². The lowest BCUT2D eigenvalue weighted by atomic mass is 9.78. The first-order valence-corrected chi connectivity index (χ1v) is 5.96. The molecule has 0 amide bonds. The zero-order chi connectivity index (χ0) is 12.5. The highest BCUT2D eigenvalue weighted by Crippen LogP contribution is 2.35. The molecule has 1 unspecified atom stereocenters. The molecular weight excluding hydrogens is 218 g/mol. The number of methoxy groups -OCH3 is 1. The van der Waals surface area contributed by atoms with Crippen molar-refractivity contribution in [3.05, 3.63) is 11.9 Å². The van der Waals surface area contributed by atoms with Crippen LogP contribution in [0.25, 0.3) is 0 Å². The molecule has 5 heteroatoms. The van der Waals surface area contributed by atoms with Crippen LogP contribution >= 0.6 is 0 Å². The minimum absolute atomic E-state index is 0.141. The molecule has 1 saturated heterocycles. The Morgan fingerprint density at radius 3 is 3.00 bits per heavy atom. The van der Waals surface area contributed by atoms with Gasteiger partial charge >= 0.3 is 0 Å². The van der Waals surface area contributed by atoms with Crippen molar-refractivity contribution in [2.24, 2.45) is 12.5 Å². The van der Waals surface area contributed by atoms with Gasteiger partial charge in [-0.05, 0) is 19.4 Å². The molecule has 5 nitrogen and oxygen atoms in total. The maximum Gasteiger partial charge on any atom is 0.192 e. The van der Waals surface area contributed by atoms with Gasteiger partial charge in [0.1, 0.15) is 5.69 Å². The molecule has 0 spiro atoms. The number of hydrogen-bond acceptors (Lipinski definition) is 4. The van der Waals surface area contributed by atoms with Crippen molar-refractivity contribution in [1.29, 1.82) is 0 Å². The van der Waals surface area contributed by atoms with Crippen LogP contribution in [0.4, 0.5) is 0 Å². The van der Waals surface area contributed by atoms with Gasteiger partial charge in [-0.25, -0.2) is 0 Å². The summed E-state index contributed by atoms with van der Waals surface area (Å²) in [5.74, 6) is 0.707. The lowest BCUT2D eigenvalue weighted by Gasteiger charge is -2.25. The van der Waals surface area contributed by atoms with Crippen LogP contribution in [0.2, 0.25) is 0 Å². The molecule has 1 N–H and O–H groups in total. The maximum atomic E-state index is 12.7. The molecule has 1 atom stereocenters. The number of carbonyl (C=O) groups excluding carboxylic acids is 1. The first kappa shape index (κ1) is 12.1. The Hall–Kier alpha value is -1.36. The van der Waals surface area contributed by atoms with Gasteiger partial charge < -0.3 is 10.1 Å². The van der Waals surface area contributed by atoms with E-state index in [0.717, 1.165) is 25.9 Å². The number of ketones is 1. The molecular formula is C12H19N3O2. The molecule has 1 aromatic rings. The molecule has 0 saturated carbocycles. The van der Waals surface area contributed by atoms with Gasteiger partial charge in [0.2, 0.25) is 0 Å². The quantitative estimate of drug-likeness (QED) is 0.794. The summed E-state index contributed by atoms with van der Waals surface area (Å²) in [5, 5.41) is 7.37. The van der Waals surface area contributed by atoms with Crippen LogP contribution in [-0.2, 0) is 7.05 Å². The molecule has 1 aromatic heterocycles. The molecule has 17 heavy (non-hydrogen) atoms. The standard InChI is InChI=1S/C12H19N3O2/c1-4-12(5-6-13-8-12)11(16)10-9(17-3)7-14-15(10)2/h7,13H,4-6,8H2,1-3H3. The monoisotopic (exact) mass is 237 g/mol. The number of Topliss-reactive ketones (excluding diaryl/α,β-unsaturated/α-hetero) is 1. The van der Waals surface area contributed by atoms with Crippen LogP contribution in [0, 0.1) is 5.41 Å². The van der Waals surface area contributed by atoms with Crippen LogP contribution in [0.15, 0.2) is 6.20 Å². The number of carbonyl (C=O) groups is 1. The van der Waals surface area contributed by atoms with E-state index in [2.05, 4.69) is 17.3 Å². The summed E-state index contributed by atoms with van der Waals surface area (Å²) in [5.41, 5.74) is 0.291. The Balaban J connectivity index is 2.38. The van der Waals surface area contributed by atoms with Gasteiger partial charge in [-0.1, -0.05) is 6.92 Å². The minimum atomic E-state index is -0.291. The third-order valence-corrected chi connectivity index (χ3v) is 3.74. The van der Waals surface area contributed by atoms with E-state index < -0.39 is 0 Å². The summed E-state index contributed by atoms with van der Waals surface area (Å²) in [6, 6.07) is 0. The molecule has 1 fully saturated rings. The van der Waals surface area contributed by atoms with E-state index in [9.17, 15) is 4.79 Å². The third kappa shape index (κ3) is 1.84. The molecule has 0 bridgehead atoms. The fourth-order valence-corrected chi connectivity index (χ4v) is 2.48. The van der Waals surface area contributed by atoms with Gasteiger partial charge in [-0.3, -0.25) is 9.48 Å². The lowest BCUT2D eigenvalue weighted by molar-refractivity contribution is 0.0796. The molecule has 0 radical (unpaired) electrons. The number of rotatable bonds is 4. The van der Waals surface area contributed by atoms with Gasteiger partial charge in [0, 0.05) is 19.0 Å². The average Bonchev–Trinajstić information content (AvgIpc) is 2.95. The SMILES string of the molecule is CCC1(C(=O)c2c(OC)cnn2C)CCNC1. The van der Waals surface area contributed by atoms with Gasteiger partial charge in [-0.2, -0.15) is 5.10 Å². The Labute approximate surface area is 101 Å². The number of nitrogens with one attached hydrogen (secondary N) is 1. The second-order valence-corrected chi connectivity index (χ2v) is 4.57. The Morgan fingerprint density at radius 1 is 1.71 bits per heavy atom. The zero-order valence-electron chi connectivity index (χ0n) is 10.6. The topological polar surface area (TPSA) is 56.1 Å². The predicted molar refractivity (Wildman–Crippen MR) is 64.3 cm³/mol. The van der Waals surface area contributed by atoms with Crippen molar-refractivity contribution in [1.82, 2.24) is 15.1 Å². The van der Waals surface area contributed by atoms with Crippen LogP contribution in [-0.4, -0.2) is 35.8 Å². The fourth-order valence-electron chi connectivity index (χ4n) is 2.48. The van der Waals surface area contributed by atoms with E-state index in [1.165, 1.54) is 0 Å². The van der Waals surface area contributed by atoms with E-state index in [-0.39, 0.29) is 11.2 Å². The van der Waals surface area contributed by atoms with Crippen molar-refractivity contribution in [3.8, 4) is 5.75 Å². The Morgan fingerprint density at radius 2 is 2.47 bits per heavy atom. The van der Waals surface area contributed by atoms with Crippen molar-refractivity contribution in [2.75, 3.05) is 20.2 Å². The smallest absolute Gasteiger partial charge is 0.192 e. The van der Waals surface area contributed by atoms with Crippen LogP contribution in [0.1, 0.15) is 30.3 Å². The van der Waals surface area contributed by atoms with E-state index in [1.807, 2.05) is 0 Å². The average molecular weight is 237 g/mol. The first-order chi connectivity index (χ1) is 8.14. The molecule has 1 aliphatic rings. The van der Waals surface area contributed by atoms with Crippen LogP contribution in [0.5, 0.6) is 5.75 Å². The minimum Gasteiger partial charge on any atom is -0.493 e. The van der Waals surface area contributed by atoms with E-state index >= 15 is 0 Å². The van der Waals surface area contributed by atoms with Gasteiger partial charge in [0.25, 0.3) is 0 Å². The van der Waals surface area contributed by atoms with E-state index in [1.54, 1.807) is 25.0 Å². The lowest BCUT2D eigenvalue weighted by Crippen LogP contribution is -2.34. The second kappa shape index (κ2) is 4.49. The third-order valence-electron chi connectivity index (χ3n) is 3.74. The predicted octanol–water partition coefficient (Wildman–Crippen LogP) is 1.00. The second-order valence-electron chi connectivity index (χ2n) is 4.57. The van der Waals surface area contributed by atoms with Gasteiger partial charge in [-0.15, -0.1) is 0 Å². The first-order valence-electron chi connectivity index (χ1n) is 5.96. The largest absolute Gasteiger partial charge is 0.493 e. The zero-order valence-corrected chi connectivity index (χ0v) is 10.6. The summed E-state index contributed by atoms with van der Waals surface area (Å²) in [6.07, 6.45) is 3.32. The van der Waals surface area contributed by atoms with Crippen molar-refractivity contribution < 1.29 is 9.53 Å². The highest BCUT2D eigenvalue weighted by molar-refractivity contribution is 6.01. The number of nitrogens with zero attached hydrogens (tertiary/aromatic N) is 2. The number of hydrogen-bond donors (Lipinski definition) is 1. The van der Waals surface area contributed by atoms with Crippen LogP contribution in [0.3, 0.4) is 0 Å². The summed E-state index contributed by atoms with van der Waals surface area (Å²) in [7, 11) is 3.35.